The van der Waals surface area contributed by atoms with Crippen LogP contribution < -0.4 is 0 Å². The molecule has 176 valence electrons. The van der Waals surface area contributed by atoms with E-state index < -0.39 is 16.1 Å². The Morgan fingerprint density at radius 1 is 0.567 bits per heavy atom. The first kappa shape index (κ1) is 29.6. The lowest BCUT2D eigenvalue weighted by atomic mass is 10.1. The molecule has 0 saturated carbocycles. The molecule has 1 nitrogen and oxygen atoms in total. The van der Waals surface area contributed by atoms with Gasteiger partial charge in [-0.2, -0.15) is 0 Å². The van der Waals surface area contributed by atoms with Crippen LogP contribution in [0.25, 0.3) is 0 Å². The highest BCUT2D eigenvalue weighted by molar-refractivity contribution is 6.84. The van der Waals surface area contributed by atoms with E-state index in [1.807, 2.05) is 0 Å². The summed E-state index contributed by atoms with van der Waals surface area (Å²) >= 11 is 0. The van der Waals surface area contributed by atoms with E-state index in [1.54, 1.807) is 0 Å². The normalized spacial score (nSPS) is 12.5. The Labute approximate surface area is 193 Å². The molecule has 3 heteroatoms. The molecule has 0 radical (unpaired) electrons. The third-order valence-corrected chi connectivity index (χ3v) is 17.3. The number of hydrogen-bond acceptors (Lipinski definition) is 1. The lowest BCUT2D eigenvalue weighted by Crippen LogP contribution is -2.31. The van der Waals surface area contributed by atoms with Crippen molar-refractivity contribution in [3.63, 3.8) is 0 Å². The van der Waals surface area contributed by atoms with Crippen molar-refractivity contribution in [1.82, 2.24) is 0 Å². The minimum Gasteiger partial charge on any atom is -0.298 e. The molecular weight excluding hydrogens is 394 g/mol. The van der Waals surface area contributed by atoms with Crippen molar-refractivity contribution in [2.24, 2.45) is 4.99 Å². The SMILES string of the molecule is C=C[Si](CCC)(CCC)CCC=NCCCCCCCC[Si](C=C)(CCC)CCC. The Morgan fingerprint density at radius 2 is 1.00 bits per heavy atom. The van der Waals surface area contributed by atoms with Gasteiger partial charge >= 0.3 is 0 Å². The van der Waals surface area contributed by atoms with Crippen LogP contribution in [0.5, 0.6) is 0 Å². The zero-order valence-electron chi connectivity index (χ0n) is 21.3. The van der Waals surface area contributed by atoms with Crippen LogP contribution in [0, 0.1) is 0 Å². The van der Waals surface area contributed by atoms with Crippen LogP contribution in [-0.4, -0.2) is 28.9 Å². The third kappa shape index (κ3) is 13.1. The molecule has 0 aromatic carbocycles. The van der Waals surface area contributed by atoms with Gasteiger partial charge in [-0.05, 0) is 25.1 Å². The van der Waals surface area contributed by atoms with Crippen LogP contribution in [0.1, 0.15) is 98.3 Å². The number of hydrogen-bond donors (Lipinski definition) is 0. The van der Waals surface area contributed by atoms with E-state index in [1.165, 1.54) is 107 Å². The van der Waals surface area contributed by atoms with Gasteiger partial charge in [-0.1, -0.05) is 116 Å². The van der Waals surface area contributed by atoms with Crippen LogP contribution in [0.4, 0.5) is 0 Å². The smallest absolute Gasteiger partial charge is 0.0773 e. The molecule has 0 spiro atoms. The van der Waals surface area contributed by atoms with Crippen molar-refractivity contribution in [2.45, 2.75) is 135 Å². The van der Waals surface area contributed by atoms with Gasteiger partial charge in [0, 0.05) is 6.54 Å². The minimum atomic E-state index is -1.22. The van der Waals surface area contributed by atoms with E-state index in [9.17, 15) is 0 Å². The molecule has 0 aliphatic rings. The first-order valence-electron chi connectivity index (χ1n) is 13.3. The van der Waals surface area contributed by atoms with E-state index in [2.05, 4.69) is 58.5 Å². The number of nitrogens with zero attached hydrogens (tertiary/aromatic N) is 1. The summed E-state index contributed by atoms with van der Waals surface area (Å²) in [6, 6.07) is 8.56. The van der Waals surface area contributed by atoms with E-state index >= 15 is 0 Å². The number of rotatable bonds is 22. The Hall–Kier alpha value is -0.416. The van der Waals surface area contributed by atoms with Crippen LogP contribution in [0.2, 0.25) is 36.3 Å². The van der Waals surface area contributed by atoms with Gasteiger partial charge in [0.2, 0.25) is 0 Å². The van der Waals surface area contributed by atoms with Crippen LogP contribution in [0.3, 0.4) is 0 Å². The highest BCUT2D eigenvalue weighted by atomic mass is 28.3. The van der Waals surface area contributed by atoms with Gasteiger partial charge < -0.3 is 0 Å². The summed E-state index contributed by atoms with van der Waals surface area (Å²) in [5.74, 6) is 0. The van der Waals surface area contributed by atoms with Crippen LogP contribution in [-0.2, 0) is 0 Å². The van der Waals surface area contributed by atoms with Gasteiger partial charge in [-0.25, -0.2) is 0 Å². The van der Waals surface area contributed by atoms with Gasteiger partial charge in [0.25, 0.3) is 0 Å². The van der Waals surface area contributed by atoms with Crippen LogP contribution in [0.15, 0.2) is 29.5 Å². The van der Waals surface area contributed by atoms with Crippen molar-refractivity contribution < 1.29 is 0 Å². The molecule has 0 aromatic rings. The maximum atomic E-state index is 4.70. The topological polar surface area (TPSA) is 12.4 Å². The summed E-state index contributed by atoms with van der Waals surface area (Å²) in [5.41, 5.74) is 4.77. The Balaban J connectivity index is 3.87. The second-order valence-electron chi connectivity index (χ2n) is 9.63. The molecule has 0 rings (SSSR count). The monoisotopic (exact) mass is 449 g/mol. The fourth-order valence-electron chi connectivity index (χ4n) is 5.28. The first-order chi connectivity index (χ1) is 14.6. The van der Waals surface area contributed by atoms with Gasteiger partial charge in [0.15, 0.2) is 0 Å². The minimum absolute atomic E-state index is 1.03. The number of aliphatic imine (C=N–C) groups is 1. The maximum Gasteiger partial charge on any atom is 0.0773 e. The molecule has 0 aliphatic carbocycles. The fourth-order valence-corrected chi connectivity index (χ4v) is 13.6. The molecule has 30 heavy (non-hydrogen) atoms. The predicted octanol–water partition coefficient (Wildman–Crippen LogP) is 9.78. The average Bonchev–Trinajstić information content (AvgIpc) is 2.74. The molecule has 0 amide bonds. The molecule has 0 unspecified atom stereocenters. The first-order valence-corrected chi connectivity index (χ1v) is 18.7. The molecule has 0 aromatic heterocycles. The van der Waals surface area contributed by atoms with Crippen molar-refractivity contribution in [3.8, 4) is 0 Å². The van der Waals surface area contributed by atoms with E-state index in [-0.39, 0.29) is 0 Å². The van der Waals surface area contributed by atoms with Gasteiger partial charge in [0.1, 0.15) is 0 Å². The van der Waals surface area contributed by atoms with E-state index in [0.29, 0.717) is 0 Å². The fraction of sp³-hybridized carbons (Fsp3) is 0.815. The van der Waals surface area contributed by atoms with Gasteiger partial charge in [-0.3, -0.25) is 4.99 Å². The molecule has 0 N–H and O–H groups in total. The predicted molar refractivity (Wildman–Crippen MR) is 148 cm³/mol. The van der Waals surface area contributed by atoms with Crippen molar-refractivity contribution in [2.75, 3.05) is 6.54 Å². The Bertz CT molecular complexity index is 432. The summed E-state index contributed by atoms with van der Waals surface area (Å²) in [5, 5.41) is 0. The second-order valence-corrected chi connectivity index (χ2v) is 18.9. The van der Waals surface area contributed by atoms with Crippen molar-refractivity contribution in [1.29, 1.82) is 0 Å². The van der Waals surface area contributed by atoms with Crippen molar-refractivity contribution >= 4 is 22.4 Å². The zero-order chi connectivity index (χ0) is 22.6. The second kappa shape index (κ2) is 19.3. The van der Waals surface area contributed by atoms with E-state index in [4.69, 9.17) is 4.99 Å². The lowest BCUT2D eigenvalue weighted by molar-refractivity contribution is 0.610. The summed E-state index contributed by atoms with van der Waals surface area (Å²) in [4.78, 5) is 4.70. The van der Waals surface area contributed by atoms with Crippen molar-refractivity contribution in [3.05, 3.63) is 24.6 Å². The standard InChI is InChI=1S/C27H55NSi2/c1-7-22-29(11-5,23-8-2)26-18-16-14-13-15-17-20-28-21-19-27-30(12-6,24-9-3)25-10-4/h11-12,21H,5-10,13-20,22-27H2,1-4H3. The summed E-state index contributed by atoms with van der Waals surface area (Å²) in [6.45, 7) is 18.8. The van der Waals surface area contributed by atoms with Gasteiger partial charge in [0.05, 0.1) is 16.1 Å². The Kier molecular flexibility index (Phi) is 19.0. The Morgan fingerprint density at radius 3 is 1.47 bits per heavy atom. The van der Waals surface area contributed by atoms with Gasteiger partial charge in [-0.15, -0.1) is 24.6 Å². The summed E-state index contributed by atoms with van der Waals surface area (Å²) in [7, 11) is -2.37. The highest BCUT2D eigenvalue weighted by Gasteiger charge is 2.27. The average molecular weight is 450 g/mol. The highest BCUT2D eigenvalue weighted by Crippen LogP contribution is 2.28. The molecule has 0 atom stereocenters. The zero-order valence-corrected chi connectivity index (χ0v) is 23.3. The largest absolute Gasteiger partial charge is 0.298 e. The van der Waals surface area contributed by atoms with Crippen LogP contribution >= 0.6 is 0 Å². The molecule has 0 fully saturated rings. The summed E-state index contributed by atoms with van der Waals surface area (Å²) < 4.78 is 0. The van der Waals surface area contributed by atoms with E-state index in [0.717, 1.165) is 6.54 Å². The maximum absolute atomic E-state index is 4.70. The summed E-state index contributed by atoms with van der Waals surface area (Å²) in [6.07, 6.45) is 16.9. The molecule has 0 bridgehead atoms. The third-order valence-electron chi connectivity index (χ3n) is 6.97. The molecule has 0 saturated heterocycles. The molecular formula is C27H55NSi2. The molecule has 0 aliphatic heterocycles. The lowest BCUT2D eigenvalue weighted by Gasteiger charge is -2.27. The quantitative estimate of drug-likeness (QED) is 0.0885. The number of unbranched alkanes of at least 4 members (excludes halogenated alkanes) is 5. The molecule has 0 heterocycles.